The summed E-state index contributed by atoms with van der Waals surface area (Å²) in [5.74, 6) is 0.127. The Morgan fingerprint density at radius 1 is 0.862 bits per heavy atom. The van der Waals surface area contributed by atoms with Gasteiger partial charge in [-0.3, -0.25) is 0 Å². The van der Waals surface area contributed by atoms with Crippen molar-refractivity contribution in [2.24, 2.45) is 23.0 Å². The average molecular weight is 418 g/mol. The second-order valence-corrected chi connectivity index (χ2v) is 9.10. The Hall–Kier alpha value is -0.320. The van der Waals surface area contributed by atoms with E-state index in [1.807, 2.05) is 0 Å². The van der Waals surface area contributed by atoms with Gasteiger partial charge in [0.15, 0.2) is 0 Å². The van der Waals surface area contributed by atoms with Crippen molar-refractivity contribution in [3.8, 4) is 0 Å². The average Bonchev–Trinajstić information content (AvgIpc) is 2.97. The van der Waals surface area contributed by atoms with E-state index < -0.39 is 12.2 Å². The van der Waals surface area contributed by atoms with Gasteiger partial charge in [0.25, 0.3) is 0 Å². The van der Waals surface area contributed by atoms with Crippen LogP contribution in [-0.4, -0.2) is 94.5 Å². The normalized spacial score (nSPS) is 46.8. The van der Waals surface area contributed by atoms with Crippen LogP contribution in [0.1, 0.15) is 32.1 Å². The van der Waals surface area contributed by atoms with Gasteiger partial charge in [-0.25, -0.2) is 0 Å². The fraction of sp³-hybridized carbons (Fsp3) is 1.00. The molecule has 0 heterocycles. The third kappa shape index (κ3) is 3.99. The summed E-state index contributed by atoms with van der Waals surface area (Å²) < 4.78 is 28.0. The van der Waals surface area contributed by atoms with Gasteiger partial charge in [0.1, 0.15) is 6.10 Å². The maximum Gasteiger partial charge on any atom is 0.106 e. The summed E-state index contributed by atoms with van der Waals surface area (Å²) in [5.41, 5.74) is 6.58. The molecule has 3 aliphatic rings. The van der Waals surface area contributed by atoms with Crippen molar-refractivity contribution in [1.29, 1.82) is 0 Å². The molecule has 0 bridgehead atoms. The van der Waals surface area contributed by atoms with Gasteiger partial charge < -0.3 is 39.6 Å². The molecule has 29 heavy (non-hydrogen) atoms. The lowest BCUT2D eigenvalue weighted by Crippen LogP contribution is -2.62. The standard InChI is InChI=1S/C21H39NO7/c1-25-13-6-11(7-14(26-2)19(13)24)12(23)8-17(22)21-9-15(27-3)18(21)20(29-5)16(10-21)28-4/h11-20,23-24H,6-10,22H2,1-5H3. The Balaban J connectivity index is 1.69. The Labute approximate surface area is 174 Å². The second kappa shape index (κ2) is 9.44. The van der Waals surface area contributed by atoms with Gasteiger partial charge in [-0.05, 0) is 43.4 Å². The van der Waals surface area contributed by atoms with Crippen LogP contribution in [0.3, 0.4) is 0 Å². The third-order valence-electron chi connectivity index (χ3n) is 8.04. The van der Waals surface area contributed by atoms with Gasteiger partial charge in [0.2, 0.25) is 0 Å². The van der Waals surface area contributed by atoms with Crippen molar-refractivity contribution in [3.63, 3.8) is 0 Å². The van der Waals surface area contributed by atoms with Crippen molar-refractivity contribution in [2.45, 2.75) is 80.9 Å². The van der Waals surface area contributed by atoms with Crippen molar-refractivity contribution >= 4 is 0 Å². The van der Waals surface area contributed by atoms with Gasteiger partial charge in [0, 0.05) is 47.5 Å². The first-order valence-electron chi connectivity index (χ1n) is 10.6. The number of ether oxygens (including phenoxy) is 5. The molecule has 8 heteroatoms. The molecule has 0 aromatic carbocycles. The molecule has 3 fully saturated rings. The first-order valence-corrected chi connectivity index (χ1v) is 10.6. The third-order valence-corrected chi connectivity index (χ3v) is 8.04. The molecule has 0 saturated heterocycles. The lowest BCUT2D eigenvalue weighted by molar-refractivity contribution is -0.166. The molecule has 0 aromatic heterocycles. The number of aliphatic hydroxyl groups excluding tert-OH is 2. The molecule has 9 atom stereocenters. The Kier molecular flexibility index (Phi) is 7.60. The molecule has 4 N–H and O–H groups in total. The first-order chi connectivity index (χ1) is 13.9. The summed E-state index contributed by atoms with van der Waals surface area (Å²) in [4.78, 5) is 0. The molecule has 3 saturated carbocycles. The lowest BCUT2D eigenvalue weighted by atomic mass is 9.55. The Bertz CT molecular complexity index is 523. The highest BCUT2D eigenvalue weighted by molar-refractivity contribution is 5.17. The number of hydrogen-bond donors (Lipinski definition) is 3. The summed E-state index contributed by atoms with van der Waals surface area (Å²) in [6.45, 7) is 0. The Morgan fingerprint density at radius 3 is 1.86 bits per heavy atom. The molecule has 3 aliphatic carbocycles. The molecule has 8 nitrogen and oxygen atoms in total. The summed E-state index contributed by atoms with van der Waals surface area (Å²) in [6, 6.07) is -0.194. The van der Waals surface area contributed by atoms with Gasteiger partial charge in [-0.1, -0.05) is 0 Å². The number of aliphatic hydroxyl groups is 2. The zero-order valence-corrected chi connectivity index (χ0v) is 18.3. The van der Waals surface area contributed by atoms with Crippen molar-refractivity contribution in [1.82, 2.24) is 0 Å². The van der Waals surface area contributed by atoms with E-state index in [4.69, 9.17) is 29.4 Å². The minimum atomic E-state index is -0.682. The fourth-order valence-electron chi connectivity index (χ4n) is 6.31. The zero-order valence-electron chi connectivity index (χ0n) is 18.3. The van der Waals surface area contributed by atoms with Crippen molar-refractivity contribution in [3.05, 3.63) is 0 Å². The van der Waals surface area contributed by atoms with Crippen LogP contribution in [0.4, 0.5) is 0 Å². The predicted octanol–water partition coefficient (Wildman–Crippen LogP) is 0.321. The molecule has 0 aliphatic heterocycles. The molecule has 3 rings (SSSR count). The van der Waals surface area contributed by atoms with E-state index in [0.29, 0.717) is 19.3 Å². The minimum Gasteiger partial charge on any atom is -0.393 e. The molecule has 0 spiro atoms. The van der Waals surface area contributed by atoms with E-state index in [1.54, 1.807) is 35.5 Å². The lowest BCUT2D eigenvalue weighted by Gasteiger charge is -2.55. The minimum absolute atomic E-state index is 0.0195. The van der Waals surface area contributed by atoms with E-state index in [-0.39, 0.29) is 53.8 Å². The highest BCUT2D eigenvalue weighted by Gasteiger charge is 2.67. The van der Waals surface area contributed by atoms with Gasteiger partial charge in [0.05, 0.1) is 36.6 Å². The van der Waals surface area contributed by atoms with Gasteiger partial charge in [-0.2, -0.15) is 0 Å². The van der Waals surface area contributed by atoms with Crippen molar-refractivity contribution in [2.75, 3.05) is 35.5 Å². The Morgan fingerprint density at radius 2 is 1.38 bits per heavy atom. The number of methoxy groups -OCH3 is 5. The van der Waals surface area contributed by atoms with Crippen LogP contribution in [0.5, 0.6) is 0 Å². The van der Waals surface area contributed by atoms with E-state index in [2.05, 4.69) is 0 Å². The summed E-state index contributed by atoms with van der Waals surface area (Å²) in [5, 5.41) is 21.4. The largest absolute Gasteiger partial charge is 0.393 e. The molecule has 170 valence electrons. The predicted molar refractivity (Wildman–Crippen MR) is 106 cm³/mol. The van der Waals surface area contributed by atoms with Crippen LogP contribution in [0.25, 0.3) is 0 Å². The maximum absolute atomic E-state index is 11.0. The number of hydrogen-bond acceptors (Lipinski definition) is 8. The van der Waals surface area contributed by atoms with Crippen LogP contribution in [0.2, 0.25) is 0 Å². The summed E-state index contributed by atoms with van der Waals surface area (Å²) >= 11 is 0. The molecule has 0 aromatic rings. The van der Waals surface area contributed by atoms with Crippen molar-refractivity contribution < 1.29 is 33.9 Å². The summed E-state index contributed by atoms with van der Waals surface area (Å²) in [7, 11) is 8.31. The van der Waals surface area contributed by atoms with E-state index in [9.17, 15) is 10.2 Å². The highest BCUT2D eigenvalue weighted by atomic mass is 16.5. The maximum atomic E-state index is 11.0. The van der Waals surface area contributed by atoms with Crippen LogP contribution in [0.15, 0.2) is 0 Å². The van der Waals surface area contributed by atoms with Crippen LogP contribution in [0, 0.1) is 17.3 Å². The van der Waals surface area contributed by atoms with Crippen LogP contribution >= 0.6 is 0 Å². The SMILES string of the molecule is COC1CC(C(O)CC(N)C23CC(OC)C(OC)C2C(OC)C3)CC(OC)C1O. The first kappa shape index (κ1) is 23.3. The monoisotopic (exact) mass is 417 g/mol. The van der Waals surface area contributed by atoms with E-state index in [0.717, 1.165) is 12.8 Å². The molecule has 0 amide bonds. The molecule has 0 radical (unpaired) electrons. The molecular formula is C21H39NO7. The van der Waals surface area contributed by atoms with Crippen LogP contribution < -0.4 is 5.73 Å². The molecular weight excluding hydrogens is 378 g/mol. The quantitative estimate of drug-likeness (QED) is 0.492. The van der Waals surface area contributed by atoms with E-state index >= 15 is 0 Å². The smallest absolute Gasteiger partial charge is 0.106 e. The van der Waals surface area contributed by atoms with E-state index in [1.165, 1.54) is 0 Å². The zero-order chi connectivity index (χ0) is 21.3. The van der Waals surface area contributed by atoms with Crippen LogP contribution in [-0.2, 0) is 23.7 Å². The topological polar surface area (TPSA) is 113 Å². The summed E-state index contributed by atoms with van der Waals surface area (Å²) in [6.07, 6.45) is 1.38. The number of rotatable bonds is 9. The highest BCUT2D eigenvalue weighted by Crippen LogP contribution is 2.62. The van der Waals surface area contributed by atoms with Gasteiger partial charge >= 0.3 is 0 Å². The number of fused-ring (bicyclic) bond motifs is 1. The molecule has 9 unspecified atom stereocenters. The fourth-order valence-corrected chi connectivity index (χ4v) is 6.31. The van der Waals surface area contributed by atoms with Gasteiger partial charge in [-0.15, -0.1) is 0 Å². The number of nitrogens with two attached hydrogens (primary N) is 1. The second-order valence-electron chi connectivity index (χ2n) is 9.10.